The molecule has 7 rings (SSSR count). The number of Topliss-reactive ketones (excluding diaryl/α,β-unsaturated/α-hetero) is 1. The summed E-state index contributed by atoms with van der Waals surface area (Å²) >= 11 is 0. The van der Waals surface area contributed by atoms with Crippen LogP contribution < -0.4 is 10.1 Å². The van der Waals surface area contributed by atoms with Crippen LogP contribution in [0.3, 0.4) is 0 Å². The minimum atomic E-state index is -4.54. The number of allylic oxidation sites excluding steroid dienone is 2. The minimum Gasteiger partial charge on any atom is -0.489 e. The molecule has 18 heteroatoms. The Hall–Kier alpha value is -5.23. The second kappa shape index (κ2) is 26.8. The van der Waals surface area contributed by atoms with E-state index in [1.807, 2.05) is 18.9 Å². The minimum absolute atomic E-state index is 0.122. The molecule has 2 bridgehead atoms. The fourth-order valence-corrected chi connectivity index (χ4v) is 8.63. The molecule has 2 aromatic heterocycles. The maximum atomic E-state index is 14.2. The third-order valence-electron chi connectivity index (χ3n) is 12.6. The lowest BCUT2D eigenvalue weighted by atomic mass is 9.93. The number of aryl methyl sites for hydroxylation is 1. The smallest absolute Gasteiger partial charge is 0.416 e. The summed E-state index contributed by atoms with van der Waals surface area (Å²) in [5.41, 5.74) is 2.68. The second-order valence-electron chi connectivity index (χ2n) is 17.8. The number of carbonyl (C=O) groups is 2. The zero-order valence-electron chi connectivity index (χ0n) is 40.2. The number of nitrogens with zero attached hydrogens (tertiary/aromatic N) is 5. The van der Waals surface area contributed by atoms with Crippen molar-refractivity contribution in [2.45, 2.75) is 38.9 Å². The molecule has 3 aliphatic rings. The normalized spacial score (nSPS) is 18.1. The summed E-state index contributed by atoms with van der Waals surface area (Å²) in [6.45, 7) is 11.2. The van der Waals surface area contributed by atoms with Gasteiger partial charge in [-0.15, -0.1) is 0 Å². The molecule has 3 heterocycles. The van der Waals surface area contributed by atoms with Crippen LogP contribution in [0.25, 0.3) is 5.65 Å². The van der Waals surface area contributed by atoms with E-state index >= 15 is 0 Å². The Bertz CT molecular complexity index is 2410. The van der Waals surface area contributed by atoms with Crippen LogP contribution in [-0.4, -0.2) is 162 Å². The number of halogens is 3. The lowest BCUT2D eigenvalue weighted by Gasteiger charge is -2.33. The maximum Gasteiger partial charge on any atom is 0.416 e. The highest BCUT2D eigenvalue weighted by atomic mass is 19.4. The highest BCUT2D eigenvalue weighted by Crippen LogP contribution is 2.43. The molecule has 2 aromatic carbocycles. The third-order valence-corrected chi connectivity index (χ3v) is 12.6. The van der Waals surface area contributed by atoms with E-state index in [2.05, 4.69) is 44.3 Å². The van der Waals surface area contributed by atoms with E-state index in [-0.39, 0.29) is 36.1 Å². The molecule has 1 amide bonds. The van der Waals surface area contributed by atoms with Crippen molar-refractivity contribution in [3.63, 3.8) is 0 Å². The van der Waals surface area contributed by atoms with Gasteiger partial charge in [0.25, 0.3) is 0 Å². The van der Waals surface area contributed by atoms with Gasteiger partial charge in [0.1, 0.15) is 18.1 Å². The van der Waals surface area contributed by atoms with Gasteiger partial charge >= 0.3 is 6.18 Å². The van der Waals surface area contributed by atoms with Crippen LogP contribution in [0, 0.1) is 36.5 Å². The lowest BCUT2D eigenvalue weighted by molar-refractivity contribution is -0.138. The topological polar surface area (TPSA) is 147 Å². The zero-order chi connectivity index (χ0) is 49.1. The second-order valence-corrected chi connectivity index (χ2v) is 17.8. The number of carbonyl (C=O) groups excluding carboxylic acids is 2. The van der Waals surface area contributed by atoms with Crippen LogP contribution in [-0.2, 0) is 52.4 Å². The monoisotopic (exact) mass is 974 g/mol. The van der Waals surface area contributed by atoms with Crippen molar-refractivity contribution < 1.29 is 55.9 Å². The van der Waals surface area contributed by atoms with E-state index in [9.17, 15) is 22.8 Å². The summed E-state index contributed by atoms with van der Waals surface area (Å²) in [5, 5.41) is 7.43. The van der Waals surface area contributed by atoms with E-state index < -0.39 is 11.7 Å². The first-order valence-electron chi connectivity index (χ1n) is 24.1. The number of fused-ring (bicyclic) bond motifs is 3. The Labute approximate surface area is 407 Å². The summed E-state index contributed by atoms with van der Waals surface area (Å²) in [4.78, 5) is 34.3. The molecule has 2 aliphatic carbocycles. The number of aromatic nitrogens is 3. The highest BCUT2D eigenvalue weighted by molar-refractivity contribution is 5.98. The van der Waals surface area contributed by atoms with Gasteiger partial charge in [0.05, 0.1) is 97.2 Å². The van der Waals surface area contributed by atoms with E-state index in [0.29, 0.717) is 151 Å². The van der Waals surface area contributed by atoms with Crippen molar-refractivity contribution in [3.8, 4) is 17.6 Å². The number of hydrogen-bond donors (Lipinski definition) is 1. The van der Waals surface area contributed by atoms with Crippen LogP contribution in [0.5, 0.6) is 5.75 Å². The fourth-order valence-electron chi connectivity index (χ4n) is 8.63. The third kappa shape index (κ3) is 16.2. The van der Waals surface area contributed by atoms with Crippen molar-refractivity contribution in [1.29, 1.82) is 0 Å². The summed E-state index contributed by atoms with van der Waals surface area (Å²) in [7, 11) is 2.00. The molecule has 2 fully saturated rings. The van der Waals surface area contributed by atoms with Crippen molar-refractivity contribution in [3.05, 3.63) is 106 Å². The molecule has 1 saturated heterocycles. The zero-order valence-corrected chi connectivity index (χ0v) is 40.2. The maximum absolute atomic E-state index is 14.2. The molecule has 0 unspecified atom stereocenters. The molecule has 0 radical (unpaired) electrons. The van der Waals surface area contributed by atoms with Gasteiger partial charge in [0.15, 0.2) is 11.4 Å². The van der Waals surface area contributed by atoms with Crippen molar-refractivity contribution in [2.75, 3.05) is 126 Å². The quantitative estimate of drug-likeness (QED) is 0.0334. The Morgan fingerprint density at radius 1 is 0.757 bits per heavy atom. The number of imidazole rings is 1. The molecule has 3 atom stereocenters. The molecule has 1 N–H and O–H groups in total. The number of rotatable bonds is 28. The van der Waals surface area contributed by atoms with Crippen LogP contribution >= 0.6 is 0 Å². The Kier molecular flexibility index (Phi) is 20.2. The average Bonchev–Trinajstić information content (AvgIpc) is 4.11. The molecule has 4 aromatic rings. The number of alkyl halides is 3. The van der Waals surface area contributed by atoms with Gasteiger partial charge in [0, 0.05) is 68.8 Å². The first-order chi connectivity index (χ1) is 34.0. The molecule has 15 nitrogen and oxygen atoms in total. The molecular formula is C52H65F3N6O9. The summed E-state index contributed by atoms with van der Waals surface area (Å²) < 4.78 is 83.2. The van der Waals surface area contributed by atoms with Crippen LogP contribution in [0.4, 0.5) is 13.2 Å². The van der Waals surface area contributed by atoms with Gasteiger partial charge in [-0.2, -0.15) is 18.3 Å². The Morgan fingerprint density at radius 3 is 2.04 bits per heavy atom. The number of nitrogens with one attached hydrogen (secondary N) is 1. The van der Waals surface area contributed by atoms with Crippen molar-refractivity contribution in [2.24, 2.45) is 17.8 Å². The fraction of sp³-hybridized carbons (Fsp3) is 0.538. The highest BCUT2D eigenvalue weighted by Gasteiger charge is 2.39. The molecule has 0 spiro atoms. The van der Waals surface area contributed by atoms with E-state index in [0.717, 1.165) is 37.6 Å². The van der Waals surface area contributed by atoms with Gasteiger partial charge in [-0.3, -0.25) is 14.5 Å². The molecule has 378 valence electrons. The summed E-state index contributed by atoms with van der Waals surface area (Å²) in [5.74, 6) is 7.67. The van der Waals surface area contributed by atoms with Gasteiger partial charge in [-0.1, -0.05) is 42.3 Å². The number of likely N-dealkylation sites (N-methyl/N-ethyl adjacent to an activating group) is 1. The summed E-state index contributed by atoms with van der Waals surface area (Å²) in [6, 6.07) is 11.1. The molecular weight excluding hydrogens is 910 g/mol. The first kappa shape index (κ1) is 52.6. The number of ether oxygens (including phenoxy) is 7. The van der Waals surface area contributed by atoms with Crippen molar-refractivity contribution >= 4 is 17.3 Å². The van der Waals surface area contributed by atoms with Crippen LogP contribution in [0.2, 0.25) is 0 Å². The molecule has 1 saturated carbocycles. The van der Waals surface area contributed by atoms with Gasteiger partial charge < -0.3 is 43.4 Å². The van der Waals surface area contributed by atoms with Crippen LogP contribution in [0.1, 0.15) is 56.7 Å². The Morgan fingerprint density at radius 2 is 1.41 bits per heavy atom. The largest absolute Gasteiger partial charge is 0.489 e. The Balaban J connectivity index is 0.711. The van der Waals surface area contributed by atoms with Crippen LogP contribution in [0.15, 0.2) is 67.0 Å². The van der Waals surface area contributed by atoms with Gasteiger partial charge in [-0.05, 0) is 73.4 Å². The molecule has 1 aliphatic heterocycles. The number of ketones is 1. The van der Waals surface area contributed by atoms with E-state index in [4.69, 9.17) is 33.2 Å². The van der Waals surface area contributed by atoms with Gasteiger partial charge in [-0.25, -0.2) is 9.50 Å². The predicted octanol–water partition coefficient (Wildman–Crippen LogP) is 5.44. The van der Waals surface area contributed by atoms with Crippen molar-refractivity contribution in [1.82, 2.24) is 29.7 Å². The summed E-state index contributed by atoms with van der Waals surface area (Å²) in [6.07, 6.45) is 4.96. The van der Waals surface area contributed by atoms with Gasteiger partial charge in [0.2, 0.25) is 5.91 Å². The predicted molar refractivity (Wildman–Crippen MR) is 255 cm³/mol. The number of piperazine rings is 1. The van der Waals surface area contributed by atoms with E-state index in [1.165, 1.54) is 6.07 Å². The standard InChI is InChI=1S/C52H65F3N6O9/c1-38-3-6-43(49(62)32-40-5-8-44(48(31-40)52(53,54)55)37-60-14-12-59(2)13-15-60)33-41(38)9-10-45-35-57-50-34-46(36-58-61(45)50)70-28-27-69-26-25-68-24-23-67-22-21-66-20-19-65-18-17-64-16-11-56-51(63)47-30-39-4-7-42(47)29-39/h3-8,31,33-36,39,42,47H,11-30,32,37H2,1-2H3,(H,56,63)/t39-,42+,47-/m0/s1. The average molecular weight is 975 g/mol. The first-order valence-corrected chi connectivity index (χ1v) is 24.1. The van der Waals surface area contributed by atoms with E-state index in [1.54, 1.807) is 47.2 Å². The molecule has 70 heavy (non-hydrogen) atoms. The SMILES string of the molecule is Cc1ccc(C(=O)Cc2ccc(CN3CCN(C)CC3)c(C(F)(F)F)c2)cc1C#Cc1cnc2cc(OCCOCCOCCOCCOCCOCCOCCNC(=O)[C@H]3C[C@H]4C=C[C@@H]3C4)cnn12. The lowest BCUT2D eigenvalue weighted by Crippen LogP contribution is -2.44. The number of hydrogen-bond acceptors (Lipinski definition) is 13. The number of benzene rings is 2. The number of amides is 1.